The first kappa shape index (κ1) is 18.9. The Hall–Kier alpha value is 0.177. The van der Waals surface area contributed by atoms with Gasteiger partial charge in [0.15, 0.2) is 0 Å². The quantitative estimate of drug-likeness (QED) is 0.357. The van der Waals surface area contributed by atoms with Crippen LogP contribution in [0.2, 0.25) is 39.3 Å². The molecule has 0 aliphatic carbocycles. The van der Waals surface area contributed by atoms with Crippen LogP contribution < -0.4 is 0 Å². The Labute approximate surface area is 98.7 Å². The molecule has 0 aromatic carbocycles. The molecule has 0 fully saturated rings. The smallest absolute Gasteiger partial charge is 0.701 e. The van der Waals surface area contributed by atoms with E-state index in [9.17, 15) is 0 Å². The van der Waals surface area contributed by atoms with Gasteiger partial charge in [0, 0.05) is 0 Å². The van der Waals surface area contributed by atoms with Crippen molar-refractivity contribution < 1.29 is 19.5 Å². The van der Waals surface area contributed by atoms with Gasteiger partial charge in [-0.15, -0.1) is 0 Å². The fourth-order valence-corrected chi connectivity index (χ4v) is 0. The molecule has 0 atom stereocenters. The third-order valence-electron chi connectivity index (χ3n) is 0.750. The summed E-state index contributed by atoms with van der Waals surface area (Å²) < 4.78 is 0. The molecule has 0 aromatic heterocycles. The predicted molar refractivity (Wildman–Crippen MR) is 61.0 cm³/mol. The summed E-state index contributed by atoms with van der Waals surface area (Å²) in [6.45, 7) is 12.5. The number of hydrogen-bond donors (Lipinski definition) is 0. The Morgan fingerprint density at radius 3 is 0.769 bits per heavy atom. The summed E-state index contributed by atoms with van der Waals surface area (Å²) in [6.07, 6.45) is 13.3. The van der Waals surface area contributed by atoms with Crippen molar-refractivity contribution >= 4 is 16.1 Å². The van der Waals surface area contributed by atoms with Crippen molar-refractivity contribution in [3.05, 3.63) is 12.8 Å². The molecule has 0 bridgehead atoms. The molecule has 68 valence electrons. The van der Waals surface area contributed by atoms with Crippen LogP contribution in [-0.4, -0.2) is 16.1 Å². The van der Waals surface area contributed by atoms with E-state index in [2.05, 4.69) is 50.4 Å². The van der Waals surface area contributed by atoms with Crippen molar-refractivity contribution in [2.24, 2.45) is 0 Å². The maximum absolute atomic E-state index is 6.67. The molecular weight excluding hydrogens is 242 g/mol. The molecule has 0 heterocycles. The number of rotatable bonds is 0. The Bertz CT molecular complexity index is 171. The SMILES string of the molecule is [C-]#C[Si](C)(C)C.[C-]#C[Si](C)(C)C.[Zn+2]. The van der Waals surface area contributed by atoms with Crippen LogP contribution in [0.1, 0.15) is 0 Å². The summed E-state index contributed by atoms with van der Waals surface area (Å²) in [6, 6.07) is 0. The molecule has 0 unspecified atom stereocenters. The van der Waals surface area contributed by atoms with Crippen LogP contribution in [0.5, 0.6) is 0 Å². The van der Waals surface area contributed by atoms with Crippen LogP contribution in [0.3, 0.4) is 0 Å². The first-order valence-electron chi connectivity index (χ1n) is 4.00. The van der Waals surface area contributed by atoms with E-state index in [-0.39, 0.29) is 19.5 Å². The van der Waals surface area contributed by atoms with E-state index in [0.29, 0.717) is 0 Å². The Kier molecular flexibility index (Phi) is 11.0. The first-order chi connectivity index (χ1) is 5.12. The summed E-state index contributed by atoms with van der Waals surface area (Å²) in [4.78, 5) is 0. The zero-order valence-electron chi connectivity index (χ0n) is 9.71. The van der Waals surface area contributed by atoms with E-state index in [4.69, 9.17) is 12.8 Å². The Morgan fingerprint density at radius 1 is 0.692 bits per heavy atom. The van der Waals surface area contributed by atoms with Gasteiger partial charge >= 0.3 is 19.5 Å². The minimum absolute atomic E-state index is 0. The minimum atomic E-state index is -1.21. The Balaban J connectivity index is -0.000000143. The second-order valence-electron chi connectivity index (χ2n) is 4.75. The number of hydrogen-bond acceptors (Lipinski definition) is 0. The van der Waals surface area contributed by atoms with Gasteiger partial charge in [0.25, 0.3) is 0 Å². The van der Waals surface area contributed by atoms with E-state index in [0.717, 1.165) is 0 Å². The standard InChI is InChI=1S/2C5H9Si.Zn/c2*1-5-6(2,3)4;/h2*2-4H3;/q2*-1;+2. The molecule has 0 aromatic rings. The second kappa shape index (κ2) is 7.57. The van der Waals surface area contributed by atoms with E-state index in [1.54, 1.807) is 0 Å². The average molecular weight is 260 g/mol. The summed E-state index contributed by atoms with van der Waals surface area (Å²) >= 11 is 0. The van der Waals surface area contributed by atoms with Gasteiger partial charge in [-0.25, -0.2) is 0 Å². The molecule has 0 saturated heterocycles. The molecule has 0 N–H and O–H groups in total. The monoisotopic (exact) mass is 258 g/mol. The summed E-state index contributed by atoms with van der Waals surface area (Å²) in [5, 5.41) is 0. The molecule has 13 heavy (non-hydrogen) atoms. The Morgan fingerprint density at radius 2 is 0.769 bits per heavy atom. The molecular formula is C10H18Si2Zn. The maximum atomic E-state index is 6.67. The molecule has 0 aliphatic heterocycles. The van der Waals surface area contributed by atoms with Gasteiger partial charge < -0.3 is 23.9 Å². The zero-order chi connectivity index (χ0) is 10.4. The predicted octanol–water partition coefficient (Wildman–Crippen LogP) is 2.90. The van der Waals surface area contributed by atoms with Gasteiger partial charge in [0.05, 0.1) is 16.1 Å². The van der Waals surface area contributed by atoms with Crippen molar-refractivity contribution in [2.45, 2.75) is 39.3 Å². The van der Waals surface area contributed by atoms with E-state index >= 15 is 0 Å². The van der Waals surface area contributed by atoms with Crippen molar-refractivity contribution in [3.63, 3.8) is 0 Å². The van der Waals surface area contributed by atoms with Gasteiger partial charge in [-0.1, -0.05) is 39.3 Å². The largest absolute Gasteiger partial charge is 2.00 e. The maximum Gasteiger partial charge on any atom is 2.00 e. The third kappa shape index (κ3) is 33.1. The van der Waals surface area contributed by atoms with Gasteiger partial charge in [-0.05, 0) is 0 Å². The summed E-state index contributed by atoms with van der Waals surface area (Å²) in [5.74, 6) is 0. The van der Waals surface area contributed by atoms with Crippen molar-refractivity contribution in [3.8, 4) is 11.1 Å². The average Bonchev–Trinajstić information content (AvgIpc) is 1.86. The third-order valence-corrected chi connectivity index (χ3v) is 2.25. The summed E-state index contributed by atoms with van der Waals surface area (Å²) in [7, 11) is -2.43. The van der Waals surface area contributed by atoms with Gasteiger partial charge in [-0.3, -0.25) is 0 Å². The van der Waals surface area contributed by atoms with Crippen molar-refractivity contribution in [1.82, 2.24) is 0 Å². The van der Waals surface area contributed by atoms with E-state index < -0.39 is 16.1 Å². The molecule has 0 saturated carbocycles. The normalized spacial score (nSPS) is 9.54. The molecule has 0 amide bonds. The first-order valence-corrected chi connectivity index (χ1v) is 11.0. The van der Waals surface area contributed by atoms with Crippen molar-refractivity contribution in [1.29, 1.82) is 0 Å². The van der Waals surface area contributed by atoms with Crippen LogP contribution in [0, 0.1) is 23.9 Å². The minimum Gasteiger partial charge on any atom is -0.701 e. The molecule has 3 heteroatoms. The van der Waals surface area contributed by atoms with E-state index in [1.807, 2.05) is 0 Å². The summed E-state index contributed by atoms with van der Waals surface area (Å²) in [5.41, 5.74) is 4.99. The van der Waals surface area contributed by atoms with Gasteiger partial charge in [-0.2, -0.15) is 0 Å². The second-order valence-corrected chi connectivity index (χ2v) is 14.2. The van der Waals surface area contributed by atoms with Crippen LogP contribution in [0.25, 0.3) is 0 Å². The van der Waals surface area contributed by atoms with Crippen molar-refractivity contribution in [2.75, 3.05) is 0 Å². The fourth-order valence-electron chi connectivity index (χ4n) is 0. The molecule has 0 rings (SSSR count). The molecule has 0 aliphatic rings. The molecule has 0 spiro atoms. The van der Waals surface area contributed by atoms with Gasteiger partial charge in [0.1, 0.15) is 0 Å². The van der Waals surface area contributed by atoms with Gasteiger partial charge in [0.2, 0.25) is 0 Å². The van der Waals surface area contributed by atoms with Crippen LogP contribution >= 0.6 is 0 Å². The molecule has 0 radical (unpaired) electrons. The van der Waals surface area contributed by atoms with E-state index in [1.165, 1.54) is 0 Å². The molecule has 0 nitrogen and oxygen atoms in total. The fraction of sp³-hybridized carbons (Fsp3) is 0.600. The van der Waals surface area contributed by atoms with Crippen LogP contribution in [-0.2, 0) is 19.5 Å². The van der Waals surface area contributed by atoms with Crippen LogP contribution in [0.15, 0.2) is 0 Å². The topological polar surface area (TPSA) is 0 Å². The zero-order valence-corrected chi connectivity index (χ0v) is 14.7. The van der Waals surface area contributed by atoms with Crippen LogP contribution in [0.4, 0.5) is 0 Å².